The second kappa shape index (κ2) is 6.73. The third-order valence-corrected chi connectivity index (χ3v) is 2.31. The normalized spacial score (nSPS) is 9.90. The molecule has 0 aliphatic carbocycles. The van der Waals surface area contributed by atoms with Crippen LogP contribution >= 0.6 is 0 Å². The Balaban J connectivity index is 2.05. The Morgan fingerprint density at radius 2 is 1.29 bits per heavy atom. The lowest BCUT2D eigenvalue weighted by molar-refractivity contribution is 0.352. The first kappa shape index (κ1) is 14.8. The van der Waals surface area contributed by atoms with Crippen LogP contribution in [0.25, 0.3) is 0 Å². The van der Waals surface area contributed by atoms with Gasteiger partial charge in [-0.15, -0.1) is 0 Å². The molecule has 1 radical (unpaired) electrons. The van der Waals surface area contributed by atoms with Gasteiger partial charge in [-0.1, -0.05) is 0 Å². The summed E-state index contributed by atoms with van der Waals surface area (Å²) in [4.78, 5) is 7.35. The molecule has 21 heavy (non-hydrogen) atoms. The summed E-state index contributed by atoms with van der Waals surface area (Å²) in [6, 6.07) is 2.12. The number of halogens is 2. The van der Waals surface area contributed by atoms with E-state index in [9.17, 15) is 8.78 Å². The van der Waals surface area contributed by atoms with Crippen LogP contribution in [0, 0.1) is 11.6 Å². The molecule has 0 bridgehead atoms. The molecule has 109 valence electrons. The summed E-state index contributed by atoms with van der Waals surface area (Å²) in [6.45, 7) is 0. The zero-order valence-electron chi connectivity index (χ0n) is 11.2. The minimum Gasteiger partial charge on any atom is -0.522 e. The molecule has 0 atom stereocenters. The highest BCUT2D eigenvalue weighted by molar-refractivity contribution is 6.21. The monoisotopic (exact) mass is 295 g/mol. The maximum atomic E-state index is 13.1. The Labute approximate surface area is 120 Å². The number of nitrogens with zero attached hydrogens (tertiary/aromatic N) is 2. The molecule has 9 heteroatoms. The van der Waals surface area contributed by atoms with Crippen molar-refractivity contribution in [2.45, 2.75) is 0 Å². The van der Waals surface area contributed by atoms with Crippen molar-refractivity contribution in [3.05, 3.63) is 36.2 Å². The van der Waals surface area contributed by atoms with Crippen molar-refractivity contribution in [3.8, 4) is 23.3 Å². The largest absolute Gasteiger partial charge is 0.658 e. The van der Waals surface area contributed by atoms with E-state index < -0.39 is 11.6 Å². The zero-order chi connectivity index (χ0) is 15.2. The fourth-order valence-electron chi connectivity index (χ4n) is 1.42. The van der Waals surface area contributed by atoms with Gasteiger partial charge in [-0.2, -0.15) is 0 Å². The van der Waals surface area contributed by atoms with Gasteiger partial charge in [-0.3, -0.25) is 0 Å². The number of ether oxygens (including phenoxy) is 2. The quantitative estimate of drug-likeness (QED) is 0.757. The maximum absolute atomic E-state index is 13.1. The van der Waals surface area contributed by atoms with E-state index in [2.05, 4.69) is 9.97 Å². The molecule has 0 aliphatic rings. The summed E-state index contributed by atoms with van der Waals surface area (Å²) in [5.74, 6) is -1.07. The molecule has 2 aromatic rings. The van der Waals surface area contributed by atoms with Crippen molar-refractivity contribution in [2.75, 3.05) is 14.2 Å². The van der Waals surface area contributed by atoms with Crippen molar-refractivity contribution in [1.29, 1.82) is 0 Å². The Morgan fingerprint density at radius 1 is 0.857 bits per heavy atom. The lowest BCUT2D eigenvalue weighted by atomic mass is 10.3. The van der Waals surface area contributed by atoms with Gasteiger partial charge in [0.25, 0.3) is 11.8 Å². The highest BCUT2D eigenvalue weighted by Gasteiger charge is 2.13. The molecule has 0 saturated heterocycles. The molecular weight excluding hydrogens is 285 g/mol. The number of hydrogen-bond donors (Lipinski definition) is 0. The van der Waals surface area contributed by atoms with E-state index >= 15 is 0 Å². The molecule has 0 unspecified atom stereocenters. The van der Waals surface area contributed by atoms with E-state index in [-0.39, 0.29) is 23.3 Å². The minimum absolute atomic E-state index is 0.000768. The van der Waals surface area contributed by atoms with Gasteiger partial charge in [-0.25, -0.2) is 18.7 Å². The molecular formula is C12H10BF2N2O4. The lowest BCUT2D eigenvalue weighted by Gasteiger charge is -2.10. The van der Waals surface area contributed by atoms with E-state index in [1.54, 1.807) is 0 Å². The van der Waals surface area contributed by atoms with Crippen LogP contribution in [0.4, 0.5) is 8.78 Å². The third kappa shape index (κ3) is 3.71. The highest BCUT2D eigenvalue weighted by atomic mass is 19.1. The number of aromatic nitrogens is 2. The molecule has 2 heterocycles. The fraction of sp³-hybridized carbons (Fsp3) is 0.167. The molecule has 2 aromatic heterocycles. The van der Waals surface area contributed by atoms with E-state index in [0.29, 0.717) is 0 Å². The van der Waals surface area contributed by atoms with Gasteiger partial charge in [0.1, 0.15) is 11.6 Å². The van der Waals surface area contributed by atoms with Crippen LogP contribution in [0.1, 0.15) is 0 Å². The average Bonchev–Trinajstić information content (AvgIpc) is 2.48. The van der Waals surface area contributed by atoms with E-state index in [1.165, 1.54) is 14.2 Å². The van der Waals surface area contributed by atoms with Crippen molar-refractivity contribution >= 4 is 7.69 Å². The number of methoxy groups -OCH3 is 2. The number of hydrogen-bond acceptors (Lipinski definition) is 6. The van der Waals surface area contributed by atoms with E-state index in [1.807, 2.05) is 0 Å². The smallest absolute Gasteiger partial charge is 0.522 e. The Hall–Kier alpha value is -2.58. The molecule has 0 saturated carbocycles. The lowest BCUT2D eigenvalue weighted by Crippen LogP contribution is -2.13. The molecule has 0 N–H and O–H groups in total. The summed E-state index contributed by atoms with van der Waals surface area (Å²) >= 11 is 0. The highest BCUT2D eigenvalue weighted by Crippen LogP contribution is 2.26. The van der Waals surface area contributed by atoms with E-state index in [4.69, 9.17) is 18.8 Å². The maximum Gasteiger partial charge on any atom is 0.658 e. The van der Waals surface area contributed by atoms with Crippen LogP contribution in [-0.4, -0.2) is 31.9 Å². The average molecular weight is 295 g/mol. The third-order valence-electron chi connectivity index (χ3n) is 2.31. The van der Waals surface area contributed by atoms with Crippen LogP contribution in [-0.2, 0) is 0 Å². The van der Waals surface area contributed by atoms with Crippen LogP contribution in [0.5, 0.6) is 23.3 Å². The SMILES string of the molecule is COc1ncc(F)cc1O[B]Oc1cc(F)cnc1OC. The van der Waals surface area contributed by atoms with Crippen molar-refractivity contribution in [1.82, 2.24) is 9.97 Å². The molecule has 0 aromatic carbocycles. The van der Waals surface area contributed by atoms with E-state index in [0.717, 1.165) is 32.2 Å². The van der Waals surface area contributed by atoms with Crippen molar-refractivity contribution < 1.29 is 27.6 Å². The number of rotatable bonds is 6. The first-order chi connectivity index (χ1) is 10.1. The van der Waals surface area contributed by atoms with Crippen LogP contribution in [0.3, 0.4) is 0 Å². The predicted molar refractivity (Wildman–Crippen MR) is 68.5 cm³/mol. The predicted octanol–water partition coefficient (Wildman–Crippen LogP) is 1.76. The molecule has 2 rings (SSSR count). The summed E-state index contributed by atoms with van der Waals surface area (Å²) in [5, 5.41) is 0. The molecule has 0 spiro atoms. The van der Waals surface area contributed by atoms with Crippen molar-refractivity contribution in [3.63, 3.8) is 0 Å². The van der Waals surface area contributed by atoms with Crippen LogP contribution in [0.2, 0.25) is 0 Å². The number of pyridine rings is 2. The standard InChI is InChI=1S/C12H10BF2N2O4/c1-18-11-9(3-7(14)5-16-11)20-13-21-10-4-8(15)6-17-12(10)19-2/h3-6H,1-2H3. The Kier molecular flexibility index (Phi) is 4.75. The Bertz CT molecular complexity index is 577. The van der Waals surface area contributed by atoms with Crippen molar-refractivity contribution in [2.24, 2.45) is 0 Å². The molecule has 0 aliphatic heterocycles. The summed E-state index contributed by atoms with van der Waals surface area (Å²) < 4.78 is 46.1. The van der Waals surface area contributed by atoms with Gasteiger partial charge in [-0.05, 0) is 0 Å². The van der Waals surface area contributed by atoms with Gasteiger partial charge in [0.2, 0.25) is 0 Å². The molecule has 0 fully saturated rings. The zero-order valence-corrected chi connectivity index (χ0v) is 11.2. The summed E-state index contributed by atoms with van der Waals surface area (Å²) in [5.41, 5.74) is 0. The van der Waals surface area contributed by atoms with Gasteiger partial charge >= 0.3 is 7.69 Å². The van der Waals surface area contributed by atoms with Gasteiger partial charge in [0.05, 0.1) is 26.6 Å². The fourth-order valence-corrected chi connectivity index (χ4v) is 1.42. The topological polar surface area (TPSA) is 62.7 Å². The molecule has 0 amide bonds. The first-order valence-electron chi connectivity index (χ1n) is 5.68. The van der Waals surface area contributed by atoms with Gasteiger partial charge in [0, 0.05) is 12.1 Å². The molecule has 6 nitrogen and oxygen atoms in total. The minimum atomic E-state index is -0.607. The summed E-state index contributed by atoms with van der Waals surface area (Å²) in [6.07, 6.45) is 1.96. The van der Waals surface area contributed by atoms with Crippen LogP contribution < -0.4 is 18.8 Å². The summed E-state index contributed by atoms with van der Waals surface area (Å²) in [7, 11) is 3.57. The van der Waals surface area contributed by atoms with Gasteiger partial charge in [0.15, 0.2) is 11.5 Å². The van der Waals surface area contributed by atoms with Crippen LogP contribution in [0.15, 0.2) is 24.5 Å². The second-order valence-corrected chi connectivity index (χ2v) is 3.65. The Morgan fingerprint density at radius 3 is 1.67 bits per heavy atom. The first-order valence-corrected chi connectivity index (χ1v) is 5.68. The second-order valence-electron chi connectivity index (χ2n) is 3.65. The van der Waals surface area contributed by atoms with Gasteiger partial charge < -0.3 is 18.8 Å².